The molecular weight excluding hydrogens is 364 g/mol. The molecule has 0 spiro atoms. The fraction of sp³-hybridized carbons (Fsp3) is 0.158. The normalized spacial score (nSPS) is 11.6. The number of aromatic amines is 1. The number of methoxy groups -OCH3 is 1. The molecule has 27 heavy (non-hydrogen) atoms. The molecule has 3 aromatic rings. The van der Waals surface area contributed by atoms with Crippen molar-refractivity contribution in [2.24, 2.45) is 5.10 Å². The maximum atomic E-state index is 12.3. The van der Waals surface area contributed by atoms with Crippen LogP contribution in [0.15, 0.2) is 64.7 Å². The summed E-state index contributed by atoms with van der Waals surface area (Å²) < 4.78 is 29.8. The minimum Gasteiger partial charge on any atom is -0.497 e. The van der Waals surface area contributed by atoms with Gasteiger partial charge in [-0.05, 0) is 48.4 Å². The van der Waals surface area contributed by atoms with Gasteiger partial charge in [0.2, 0.25) is 0 Å². The largest absolute Gasteiger partial charge is 0.497 e. The number of rotatable bonds is 7. The van der Waals surface area contributed by atoms with Crippen molar-refractivity contribution in [3.05, 3.63) is 65.9 Å². The lowest BCUT2D eigenvalue weighted by Crippen LogP contribution is -2.18. The van der Waals surface area contributed by atoms with E-state index in [9.17, 15) is 8.42 Å². The molecule has 1 aromatic heterocycles. The Morgan fingerprint density at radius 2 is 1.85 bits per heavy atom. The number of H-pyrrole nitrogens is 1. The highest BCUT2D eigenvalue weighted by Gasteiger charge is 2.12. The van der Waals surface area contributed by atoms with Crippen molar-refractivity contribution in [1.82, 2.24) is 15.0 Å². The zero-order chi connectivity index (χ0) is 19.3. The number of hydrazone groups is 1. The summed E-state index contributed by atoms with van der Waals surface area (Å²) >= 11 is 0. The van der Waals surface area contributed by atoms with Crippen LogP contribution in [0.5, 0.6) is 5.75 Å². The van der Waals surface area contributed by atoms with Crippen LogP contribution in [-0.4, -0.2) is 31.9 Å². The molecular formula is C19H20N4O3S. The minimum atomic E-state index is -3.72. The Hall–Kier alpha value is -3.13. The summed E-state index contributed by atoms with van der Waals surface area (Å²) in [5, 5.41) is 10.8. The van der Waals surface area contributed by atoms with Gasteiger partial charge in [-0.15, -0.1) is 0 Å². The SMILES string of the molecule is CCc1ccc(S(=O)(=O)N/N=C/c2cn[nH]c2-c2ccc(OC)cc2)cc1. The maximum Gasteiger partial charge on any atom is 0.276 e. The number of aryl methyl sites for hydroxylation is 1. The van der Waals surface area contributed by atoms with E-state index in [1.165, 1.54) is 6.21 Å². The van der Waals surface area contributed by atoms with Gasteiger partial charge in [0.15, 0.2) is 0 Å². The van der Waals surface area contributed by atoms with Crippen LogP contribution in [0.2, 0.25) is 0 Å². The van der Waals surface area contributed by atoms with E-state index < -0.39 is 10.0 Å². The lowest BCUT2D eigenvalue weighted by molar-refractivity contribution is 0.415. The molecule has 7 nitrogen and oxygen atoms in total. The highest BCUT2D eigenvalue weighted by Crippen LogP contribution is 2.22. The van der Waals surface area contributed by atoms with Crippen molar-refractivity contribution in [3.63, 3.8) is 0 Å². The lowest BCUT2D eigenvalue weighted by Gasteiger charge is -2.05. The molecule has 0 amide bonds. The molecule has 0 atom stereocenters. The summed E-state index contributed by atoms with van der Waals surface area (Å²) in [4.78, 5) is 2.39. The third kappa shape index (κ3) is 4.35. The van der Waals surface area contributed by atoms with Crippen LogP contribution in [0.1, 0.15) is 18.1 Å². The number of ether oxygens (including phenoxy) is 1. The molecule has 2 N–H and O–H groups in total. The first-order valence-corrected chi connectivity index (χ1v) is 9.83. The quantitative estimate of drug-likeness (QED) is 0.483. The van der Waals surface area contributed by atoms with Gasteiger partial charge in [-0.1, -0.05) is 19.1 Å². The fourth-order valence-electron chi connectivity index (χ4n) is 2.50. The van der Waals surface area contributed by atoms with Crippen molar-refractivity contribution in [2.75, 3.05) is 7.11 Å². The summed E-state index contributed by atoms with van der Waals surface area (Å²) in [6, 6.07) is 14.1. The van der Waals surface area contributed by atoms with Gasteiger partial charge in [0.1, 0.15) is 5.75 Å². The number of nitrogens with one attached hydrogen (secondary N) is 2. The van der Waals surface area contributed by atoms with Crippen LogP contribution in [-0.2, 0) is 16.4 Å². The van der Waals surface area contributed by atoms with E-state index in [0.717, 1.165) is 29.0 Å². The van der Waals surface area contributed by atoms with E-state index in [4.69, 9.17) is 4.74 Å². The number of benzene rings is 2. The highest BCUT2D eigenvalue weighted by molar-refractivity contribution is 7.89. The molecule has 0 aliphatic rings. The second kappa shape index (κ2) is 8.05. The van der Waals surface area contributed by atoms with E-state index in [-0.39, 0.29) is 4.90 Å². The van der Waals surface area contributed by atoms with Gasteiger partial charge in [-0.3, -0.25) is 5.10 Å². The third-order valence-corrected chi connectivity index (χ3v) is 5.30. The zero-order valence-electron chi connectivity index (χ0n) is 15.0. The van der Waals surface area contributed by atoms with Crippen LogP contribution >= 0.6 is 0 Å². The lowest BCUT2D eigenvalue weighted by atomic mass is 10.1. The van der Waals surface area contributed by atoms with Gasteiger partial charge in [-0.2, -0.15) is 18.6 Å². The molecule has 0 aliphatic carbocycles. The Morgan fingerprint density at radius 1 is 1.15 bits per heavy atom. The second-order valence-corrected chi connectivity index (χ2v) is 7.44. The summed E-state index contributed by atoms with van der Waals surface area (Å²) in [5.41, 5.74) is 3.34. The Morgan fingerprint density at radius 3 is 2.48 bits per heavy atom. The molecule has 0 saturated carbocycles. The number of sulfonamides is 1. The fourth-order valence-corrected chi connectivity index (χ4v) is 3.30. The van der Waals surface area contributed by atoms with E-state index in [0.29, 0.717) is 5.56 Å². The Balaban J connectivity index is 1.75. The average Bonchev–Trinajstić information content (AvgIpc) is 3.16. The Labute approximate surface area is 158 Å². The Kier molecular flexibility index (Phi) is 5.56. The van der Waals surface area contributed by atoms with Gasteiger partial charge in [0.05, 0.1) is 30.1 Å². The topological polar surface area (TPSA) is 96.4 Å². The average molecular weight is 384 g/mol. The first-order valence-electron chi connectivity index (χ1n) is 8.35. The number of nitrogens with zero attached hydrogens (tertiary/aromatic N) is 2. The van der Waals surface area contributed by atoms with Crippen molar-refractivity contribution < 1.29 is 13.2 Å². The van der Waals surface area contributed by atoms with Crippen LogP contribution in [0.25, 0.3) is 11.3 Å². The molecule has 140 valence electrons. The van der Waals surface area contributed by atoms with Crippen molar-refractivity contribution in [3.8, 4) is 17.0 Å². The minimum absolute atomic E-state index is 0.166. The number of hydrogen-bond donors (Lipinski definition) is 2. The Bertz CT molecular complexity index is 1020. The van der Waals surface area contributed by atoms with E-state index in [2.05, 4.69) is 20.1 Å². The molecule has 0 aliphatic heterocycles. The number of hydrogen-bond acceptors (Lipinski definition) is 5. The molecule has 0 bridgehead atoms. The maximum absolute atomic E-state index is 12.3. The molecule has 0 unspecified atom stereocenters. The molecule has 8 heteroatoms. The monoisotopic (exact) mass is 384 g/mol. The van der Waals surface area contributed by atoms with Gasteiger partial charge in [0.25, 0.3) is 10.0 Å². The van der Waals surface area contributed by atoms with Crippen molar-refractivity contribution >= 4 is 16.2 Å². The summed E-state index contributed by atoms with van der Waals surface area (Å²) in [6.07, 6.45) is 3.84. The first kappa shape index (κ1) is 18.7. The smallest absolute Gasteiger partial charge is 0.276 e. The summed E-state index contributed by atoms with van der Waals surface area (Å²) in [7, 11) is -2.12. The van der Waals surface area contributed by atoms with E-state index in [1.54, 1.807) is 37.6 Å². The summed E-state index contributed by atoms with van der Waals surface area (Å²) in [5.74, 6) is 0.746. The second-order valence-electron chi connectivity index (χ2n) is 5.78. The van der Waals surface area contributed by atoms with Crippen molar-refractivity contribution in [1.29, 1.82) is 0 Å². The standard InChI is InChI=1S/C19H20N4O3S/c1-3-14-4-10-18(11-5-14)27(24,25)23-21-13-16-12-20-22-19(16)15-6-8-17(26-2)9-7-15/h4-13,23H,3H2,1-2H3,(H,20,22)/b21-13+. The van der Waals surface area contributed by atoms with E-state index >= 15 is 0 Å². The van der Waals surface area contributed by atoms with Crippen LogP contribution in [0.4, 0.5) is 0 Å². The van der Waals surface area contributed by atoms with Crippen LogP contribution in [0.3, 0.4) is 0 Å². The van der Waals surface area contributed by atoms with Gasteiger partial charge >= 0.3 is 0 Å². The summed E-state index contributed by atoms with van der Waals surface area (Å²) in [6.45, 7) is 2.01. The molecule has 2 aromatic carbocycles. The highest BCUT2D eigenvalue weighted by atomic mass is 32.2. The first-order chi connectivity index (χ1) is 13.0. The van der Waals surface area contributed by atoms with Gasteiger partial charge in [0, 0.05) is 11.1 Å². The van der Waals surface area contributed by atoms with Crippen molar-refractivity contribution in [2.45, 2.75) is 18.2 Å². The molecule has 1 heterocycles. The molecule has 0 fully saturated rings. The molecule has 0 saturated heterocycles. The van der Waals surface area contributed by atoms with Crippen LogP contribution in [0, 0.1) is 0 Å². The van der Waals surface area contributed by atoms with Gasteiger partial charge < -0.3 is 4.74 Å². The predicted molar refractivity (Wildman–Crippen MR) is 104 cm³/mol. The van der Waals surface area contributed by atoms with Crippen LogP contribution < -0.4 is 9.57 Å². The number of aromatic nitrogens is 2. The van der Waals surface area contributed by atoms with E-state index in [1.807, 2.05) is 31.2 Å². The predicted octanol–water partition coefficient (Wildman–Crippen LogP) is 2.96. The molecule has 3 rings (SSSR count). The molecule has 0 radical (unpaired) electrons. The third-order valence-electron chi connectivity index (χ3n) is 4.07. The zero-order valence-corrected chi connectivity index (χ0v) is 15.8. The van der Waals surface area contributed by atoms with Gasteiger partial charge in [-0.25, -0.2) is 4.83 Å².